The second kappa shape index (κ2) is 9.42. The molecule has 1 N–H and O–H groups in total. The van der Waals surface area contributed by atoms with Gasteiger partial charge in [-0.05, 0) is 71.0 Å². The molecular weight excluding hydrogens is 380 g/mol. The third-order valence-electron chi connectivity index (χ3n) is 5.90. The average molecular weight is 421 g/mol. The Morgan fingerprint density at radius 1 is 0.903 bits per heavy atom. The fourth-order valence-electron chi connectivity index (χ4n) is 3.77. The Hall–Kier alpha value is -2.35. The maximum atomic E-state index is 13.2. The van der Waals surface area contributed by atoms with Crippen LogP contribution in [0.4, 0.5) is 0 Å². The van der Waals surface area contributed by atoms with Crippen LogP contribution in [-0.2, 0) is 10.8 Å². The van der Waals surface area contributed by atoms with E-state index in [0.29, 0.717) is 17.0 Å². The Kier molecular flexibility index (Phi) is 7.57. The van der Waals surface area contributed by atoms with Gasteiger partial charge < -0.3 is 5.11 Å². The molecule has 2 aromatic carbocycles. The molecule has 1 unspecified atom stereocenters. The van der Waals surface area contributed by atoms with E-state index in [2.05, 4.69) is 67.5 Å². The quantitative estimate of drug-likeness (QED) is 0.290. The van der Waals surface area contributed by atoms with Crippen LogP contribution in [0, 0.1) is 6.92 Å². The maximum absolute atomic E-state index is 13.2. The topological polar surface area (TPSA) is 37.3 Å². The summed E-state index contributed by atoms with van der Waals surface area (Å²) in [5, 5.41) is 10.8. The highest BCUT2D eigenvalue weighted by molar-refractivity contribution is 6.08. The summed E-state index contributed by atoms with van der Waals surface area (Å²) in [5.74, 6) is 0.279. The van der Waals surface area contributed by atoms with E-state index in [9.17, 15) is 9.90 Å². The van der Waals surface area contributed by atoms with Crippen molar-refractivity contribution in [2.24, 2.45) is 0 Å². The fourth-order valence-corrected chi connectivity index (χ4v) is 3.77. The van der Waals surface area contributed by atoms with Crippen LogP contribution in [0.1, 0.15) is 112 Å². The number of hydrogen-bond acceptors (Lipinski definition) is 2. The second-order valence-electron chi connectivity index (χ2n) is 11.0. The molecule has 2 aromatic rings. The van der Waals surface area contributed by atoms with Gasteiger partial charge in [-0.1, -0.05) is 79.5 Å². The molecule has 0 spiro atoms. The molecule has 0 bridgehead atoms. The van der Waals surface area contributed by atoms with Crippen LogP contribution in [0.25, 0.3) is 5.76 Å². The number of hydrogen-bond donors (Lipinski definition) is 1. The molecule has 0 aromatic heterocycles. The number of carbonyl (C=O) groups excluding carboxylic acids is 1. The summed E-state index contributed by atoms with van der Waals surface area (Å²) < 4.78 is 0. The zero-order valence-corrected chi connectivity index (χ0v) is 20.9. The number of aliphatic hydroxyl groups excluding tert-OH is 1. The highest BCUT2D eigenvalue weighted by atomic mass is 16.3. The largest absolute Gasteiger partial charge is 0.507 e. The molecule has 2 rings (SSSR count). The highest BCUT2D eigenvalue weighted by Gasteiger charge is 2.22. The van der Waals surface area contributed by atoms with E-state index in [1.807, 2.05) is 31.2 Å². The Labute approximate surface area is 189 Å². The third kappa shape index (κ3) is 6.56. The van der Waals surface area contributed by atoms with Gasteiger partial charge in [0.15, 0.2) is 5.78 Å². The van der Waals surface area contributed by atoms with Gasteiger partial charge >= 0.3 is 0 Å². The van der Waals surface area contributed by atoms with Gasteiger partial charge in [-0.25, -0.2) is 0 Å². The summed E-state index contributed by atoms with van der Waals surface area (Å²) in [5.41, 5.74) is 5.74. The van der Waals surface area contributed by atoms with Gasteiger partial charge in [0.2, 0.25) is 0 Å². The summed E-state index contributed by atoms with van der Waals surface area (Å²) >= 11 is 0. The molecule has 0 amide bonds. The SMILES string of the molecule is CCCC(C)c1cc(C)cc(C(O)=CC(=O)c2cc(C(C)(C)C)cc(C(C)(C)C)c2)c1. The van der Waals surface area contributed by atoms with Crippen molar-refractivity contribution in [3.63, 3.8) is 0 Å². The lowest BCUT2D eigenvalue weighted by Gasteiger charge is -2.25. The van der Waals surface area contributed by atoms with Crippen molar-refractivity contribution >= 4 is 11.5 Å². The van der Waals surface area contributed by atoms with Gasteiger partial charge in [0.05, 0.1) is 0 Å². The highest BCUT2D eigenvalue weighted by Crippen LogP contribution is 2.31. The van der Waals surface area contributed by atoms with E-state index in [0.717, 1.165) is 29.5 Å². The fraction of sp³-hybridized carbons (Fsp3) is 0.483. The van der Waals surface area contributed by atoms with Crippen LogP contribution in [0.5, 0.6) is 0 Å². The molecule has 31 heavy (non-hydrogen) atoms. The van der Waals surface area contributed by atoms with Crippen molar-refractivity contribution in [1.82, 2.24) is 0 Å². The first-order valence-corrected chi connectivity index (χ1v) is 11.5. The first-order valence-electron chi connectivity index (χ1n) is 11.5. The number of rotatable bonds is 6. The monoisotopic (exact) mass is 420 g/mol. The van der Waals surface area contributed by atoms with Crippen molar-refractivity contribution in [1.29, 1.82) is 0 Å². The number of benzene rings is 2. The van der Waals surface area contributed by atoms with Crippen LogP contribution in [0.3, 0.4) is 0 Å². The van der Waals surface area contributed by atoms with Crippen LogP contribution in [-0.4, -0.2) is 10.9 Å². The molecule has 0 aliphatic carbocycles. The number of ketones is 1. The number of aryl methyl sites for hydroxylation is 1. The molecule has 2 heteroatoms. The Balaban J connectivity index is 2.48. The molecule has 168 valence electrons. The zero-order chi connectivity index (χ0) is 23.6. The second-order valence-corrected chi connectivity index (χ2v) is 11.0. The standard InChI is InChI=1S/C29H40O2/c1-10-11-20(3)21-12-19(2)13-22(14-21)26(30)18-27(31)23-15-24(28(4,5)6)17-25(16-23)29(7,8)9/h12-18,20,30H,10-11H2,1-9H3. The third-order valence-corrected chi connectivity index (χ3v) is 5.90. The zero-order valence-electron chi connectivity index (χ0n) is 20.9. The molecule has 0 radical (unpaired) electrons. The minimum absolute atomic E-state index is 0.0251. The van der Waals surface area contributed by atoms with Crippen LogP contribution < -0.4 is 0 Å². The predicted molar refractivity (Wildman–Crippen MR) is 133 cm³/mol. The molecule has 0 aliphatic rings. The van der Waals surface area contributed by atoms with Crippen molar-refractivity contribution in [2.45, 2.75) is 91.9 Å². The lowest BCUT2D eigenvalue weighted by molar-refractivity contribution is 0.104. The minimum atomic E-state index is -0.168. The summed E-state index contributed by atoms with van der Waals surface area (Å²) in [6.07, 6.45) is 3.59. The van der Waals surface area contributed by atoms with Crippen molar-refractivity contribution in [3.05, 3.63) is 75.9 Å². The van der Waals surface area contributed by atoms with Crippen molar-refractivity contribution in [3.8, 4) is 0 Å². The van der Waals surface area contributed by atoms with Crippen LogP contribution >= 0.6 is 0 Å². The summed E-state index contributed by atoms with van der Waals surface area (Å²) in [4.78, 5) is 13.2. The lowest BCUT2D eigenvalue weighted by Crippen LogP contribution is -2.17. The minimum Gasteiger partial charge on any atom is -0.507 e. The Morgan fingerprint density at radius 2 is 1.45 bits per heavy atom. The first kappa shape index (κ1) is 24.9. The molecule has 0 saturated heterocycles. The molecule has 0 saturated carbocycles. The number of carbonyl (C=O) groups is 1. The van der Waals surface area contributed by atoms with E-state index < -0.39 is 0 Å². The molecule has 0 fully saturated rings. The van der Waals surface area contributed by atoms with E-state index in [4.69, 9.17) is 0 Å². The van der Waals surface area contributed by atoms with Gasteiger partial charge in [0.1, 0.15) is 5.76 Å². The summed E-state index contributed by atoms with van der Waals surface area (Å²) in [6.45, 7) is 19.3. The van der Waals surface area contributed by atoms with E-state index in [1.165, 1.54) is 11.6 Å². The molecule has 1 atom stereocenters. The predicted octanol–water partition coefficient (Wildman–Crippen LogP) is 8.28. The van der Waals surface area contributed by atoms with Gasteiger partial charge in [-0.15, -0.1) is 0 Å². The Morgan fingerprint density at radius 3 is 1.94 bits per heavy atom. The summed E-state index contributed by atoms with van der Waals surface area (Å²) in [7, 11) is 0. The molecule has 0 heterocycles. The van der Waals surface area contributed by atoms with Crippen molar-refractivity contribution in [2.75, 3.05) is 0 Å². The van der Waals surface area contributed by atoms with Gasteiger partial charge in [-0.2, -0.15) is 0 Å². The van der Waals surface area contributed by atoms with Gasteiger partial charge in [-0.3, -0.25) is 4.79 Å². The first-order chi connectivity index (χ1) is 14.2. The number of aliphatic hydroxyl groups is 1. The van der Waals surface area contributed by atoms with Gasteiger partial charge in [0, 0.05) is 17.2 Å². The normalized spacial score (nSPS) is 13.9. The molecular formula is C29H40O2. The molecule has 2 nitrogen and oxygen atoms in total. The summed E-state index contributed by atoms with van der Waals surface area (Å²) in [6, 6.07) is 12.2. The Bertz CT molecular complexity index is 933. The van der Waals surface area contributed by atoms with E-state index in [-0.39, 0.29) is 22.4 Å². The average Bonchev–Trinajstić information content (AvgIpc) is 2.65. The van der Waals surface area contributed by atoms with E-state index >= 15 is 0 Å². The maximum Gasteiger partial charge on any atom is 0.189 e. The van der Waals surface area contributed by atoms with E-state index in [1.54, 1.807) is 0 Å². The van der Waals surface area contributed by atoms with Crippen molar-refractivity contribution < 1.29 is 9.90 Å². The van der Waals surface area contributed by atoms with Crippen LogP contribution in [0.2, 0.25) is 0 Å². The van der Waals surface area contributed by atoms with Crippen LogP contribution in [0.15, 0.2) is 42.5 Å². The smallest absolute Gasteiger partial charge is 0.189 e. The number of allylic oxidation sites excluding steroid dienone is 1. The lowest BCUT2D eigenvalue weighted by atomic mass is 9.79. The van der Waals surface area contributed by atoms with Gasteiger partial charge in [0.25, 0.3) is 0 Å². The molecule has 0 aliphatic heterocycles.